The van der Waals surface area contributed by atoms with Crippen LogP contribution in [0.15, 0.2) is 140 Å². The molecule has 0 atom stereocenters. The highest BCUT2D eigenvalue weighted by Crippen LogP contribution is 2.39. The third kappa shape index (κ3) is 3.10. The molecule has 0 fully saturated rings. The maximum Gasteiger partial charge on any atom is 0.152 e. The highest BCUT2D eigenvalue weighted by Gasteiger charge is 2.23. The zero-order valence-corrected chi connectivity index (χ0v) is 23.5. The van der Waals surface area contributed by atoms with E-state index in [0.29, 0.717) is 0 Å². The van der Waals surface area contributed by atoms with Gasteiger partial charge in [0, 0.05) is 33.1 Å². The zero-order chi connectivity index (χ0) is 28.8. The van der Waals surface area contributed by atoms with E-state index in [1.54, 1.807) is 0 Å². The summed E-state index contributed by atoms with van der Waals surface area (Å²) in [6, 6.07) is 46.9. The fraction of sp³-hybridized carbons (Fsp3) is 0. The largest absolute Gasteiger partial charge is 0.278 e. The van der Waals surface area contributed by atoms with Gasteiger partial charge in [0.1, 0.15) is 17.0 Å². The molecule has 0 bridgehead atoms. The summed E-state index contributed by atoms with van der Waals surface area (Å²) >= 11 is 0. The van der Waals surface area contributed by atoms with Gasteiger partial charge in [0.15, 0.2) is 5.65 Å². The smallest absolute Gasteiger partial charge is 0.152 e. The summed E-state index contributed by atoms with van der Waals surface area (Å²) in [5, 5.41) is 6.76. The lowest BCUT2D eigenvalue weighted by atomic mass is 9.99. The zero-order valence-electron chi connectivity index (χ0n) is 23.5. The van der Waals surface area contributed by atoms with Crippen molar-refractivity contribution < 1.29 is 0 Å². The summed E-state index contributed by atoms with van der Waals surface area (Å²) < 4.78 is 4.61. The van der Waals surface area contributed by atoms with Crippen molar-refractivity contribution in [2.45, 2.75) is 0 Å². The monoisotopic (exact) mass is 561 g/mol. The van der Waals surface area contributed by atoms with Crippen LogP contribution in [0.3, 0.4) is 0 Å². The third-order valence-corrected chi connectivity index (χ3v) is 8.92. The molecule has 0 aliphatic rings. The van der Waals surface area contributed by atoms with Gasteiger partial charge in [-0.3, -0.25) is 14.0 Å². The molecule has 0 unspecified atom stereocenters. The minimum atomic E-state index is 0.833. The molecule has 0 N–H and O–H groups in total. The van der Waals surface area contributed by atoms with Crippen LogP contribution in [0.4, 0.5) is 0 Å². The van der Waals surface area contributed by atoms with Crippen molar-refractivity contribution in [3.05, 3.63) is 140 Å². The van der Waals surface area contributed by atoms with E-state index in [0.717, 1.165) is 77.4 Å². The third-order valence-electron chi connectivity index (χ3n) is 8.92. The van der Waals surface area contributed by atoms with Crippen LogP contribution in [-0.4, -0.2) is 23.9 Å². The molecule has 5 nitrogen and oxygen atoms in total. The molecule has 0 saturated carbocycles. The second kappa shape index (κ2) is 8.72. The maximum absolute atomic E-state index is 5.42. The Morgan fingerprint density at radius 1 is 0.477 bits per heavy atom. The van der Waals surface area contributed by atoms with Crippen LogP contribution in [-0.2, 0) is 0 Å². The molecule has 0 aliphatic heterocycles. The van der Waals surface area contributed by atoms with E-state index in [1.807, 2.05) is 12.3 Å². The SMILES string of the molecule is c1ccc(-c2cc(-n3c4ccccc4c4nc5c6ccccc6c6ccccc6n5c43)nc3c2ccc2cccnc23)cc1. The topological polar surface area (TPSA) is 48.0 Å². The van der Waals surface area contributed by atoms with Gasteiger partial charge in [-0.15, -0.1) is 0 Å². The molecule has 0 radical (unpaired) electrons. The normalized spacial score (nSPS) is 12.1. The number of hydrogen-bond donors (Lipinski definition) is 0. The molecule has 5 aromatic heterocycles. The molecule has 5 heteroatoms. The van der Waals surface area contributed by atoms with Crippen LogP contribution in [0.25, 0.3) is 88.1 Å². The standard InChI is InChI=1S/C39H23N5/c1-2-11-24(12-3-1)31-23-34(41-36-28(31)21-20-25-13-10-22-40-35(25)36)43-33-19-9-7-17-30(33)37-39(43)44-32-18-8-6-15-27(32)26-14-4-5-16-29(26)38(44)42-37/h1-23H. The molecule has 10 aromatic rings. The van der Waals surface area contributed by atoms with Crippen molar-refractivity contribution in [2.75, 3.05) is 0 Å². The van der Waals surface area contributed by atoms with Crippen molar-refractivity contribution in [1.82, 2.24) is 23.9 Å². The summed E-state index contributed by atoms with van der Waals surface area (Å²) in [4.78, 5) is 15.6. The summed E-state index contributed by atoms with van der Waals surface area (Å²) in [6.07, 6.45) is 1.85. The molecule has 10 rings (SSSR count). The van der Waals surface area contributed by atoms with Gasteiger partial charge >= 0.3 is 0 Å². The van der Waals surface area contributed by atoms with Gasteiger partial charge in [-0.2, -0.15) is 0 Å². The predicted molar refractivity (Wildman–Crippen MR) is 181 cm³/mol. The van der Waals surface area contributed by atoms with Gasteiger partial charge in [0.25, 0.3) is 0 Å². The van der Waals surface area contributed by atoms with Gasteiger partial charge in [-0.05, 0) is 40.8 Å². The quantitative estimate of drug-likeness (QED) is 0.198. The van der Waals surface area contributed by atoms with Crippen LogP contribution in [0.1, 0.15) is 0 Å². The Bertz CT molecular complexity index is 2770. The minimum absolute atomic E-state index is 0.833. The number of hydrogen-bond acceptors (Lipinski definition) is 3. The number of aromatic nitrogens is 5. The number of nitrogens with zero attached hydrogens (tertiary/aromatic N) is 5. The van der Waals surface area contributed by atoms with E-state index >= 15 is 0 Å². The van der Waals surface area contributed by atoms with Gasteiger partial charge in [-0.25, -0.2) is 9.97 Å². The van der Waals surface area contributed by atoms with Gasteiger partial charge < -0.3 is 0 Å². The lowest BCUT2D eigenvalue weighted by molar-refractivity contribution is 1.07. The first-order valence-electron chi connectivity index (χ1n) is 14.8. The average Bonchev–Trinajstić information content (AvgIpc) is 3.64. The van der Waals surface area contributed by atoms with E-state index in [1.165, 1.54) is 10.8 Å². The molecule has 204 valence electrons. The van der Waals surface area contributed by atoms with Crippen molar-refractivity contribution in [3.8, 4) is 16.9 Å². The first-order chi connectivity index (χ1) is 21.8. The number of para-hydroxylation sites is 2. The van der Waals surface area contributed by atoms with Gasteiger partial charge in [-0.1, -0.05) is 109 Å². The number of rotatable bonds is 2. The number of imidazole rings is 1. The molecule has 0 spiro atoms. The molecule has 0 saturated heterocycles. The average molecular weight is 562 g/mol. The molecule has 5 aromatic carbocycles. The maximum atomic E-state index is 5.42. The Labute approximate surface area is 251 Å². The predicted octanol–water partition coefficient (Wildman–Crippen LogP) is 9.50. The van der Waals surface area contributed by atoms with Crippen molar-refractivity contribution in [1.29, 1.82) is 0 Å². The molecular formula is C39H23N5. The Hall–Kier alpha value is -6.07. The van der Waals surface area contributed by atoms with Crippen LogP contribution in [0, 0.1) is 0 Å². The highest BCUT2D eigenvalue weighted by molar-refractivity contribution is 6.17. The van der Waals surface area contributed by atoms with E-state index in [-0.39, 0.29) is 0 Å². The van der Waals surface area contributed by atoms with Crippen LogP contribution in [0.5, 0.6) is 0 Å². The van der Waals surface area contributed by atoms with Crippen LogP contribution >= 0.6 is 0 Å². The molecule has 0 amide bonds. The summed E-state index contributed by atoms with van der Waals surface area (Å²) in [5.74, 6) is 0.833. The van der Waals surface area contributed by atoms with E-state index in [4.69, 9.17) is 15.0 Å². The molecule has 5 heterocycles. The second-order valence-electron chi connectivity index (χ2n) is 11.3. The Kier molecular flexibility index (Phi) is 4.66. The minimum Gasteiger partial charge on any atom is -0.278 e. The lowest BCUT2D eigenvalue weighted by Gasteiger charge is -2.15. The van der Waals surface area contributed by atoms with Crippen molar-refractivity contribution in [2.24, 2.45) is 0 Å². The number of benzene rings is 5. The summed E-state index contributed by atoms with van der Waals surface area (Å²) in [6.45, 7) is 0. The first-order valence-corrected chi connectivity index (χ1v) is 14.8. The summed E-state index contributed by atoms with van der Waals surface area (Å²) in [7, 11) is 0. The van der Waals surface area contributed by atoms with Crippen molar-refractivity contribution >= 4 is 71.2 Å². The van der Waals surface area contributed by atoms with Gasteiger partial charge in [0.05, 0.1) is 22.1 Å². The fourth-order valence-electron chi connectivity index (χ4n) is 7.02. The van der Waals surface area contributed by atoms with Gasteiger partial charge in [0.2, 0.25) is 0 Å². The fourth-order valence-corrected chi connectivity index (χ4v) is 7.02. The Morgan fingerprint density at radius 3 is 2.07 bits per heavy atom. The first kappa shape index (κ1) is 23.5. The van der Waals surface area contributed by atoms with Crippen molar-refractivity contribution in [3.63, 3.8) is 0 Å². The highest BCUT2D eigenvalue weighted by atomic mass is 15.2. The molecule has 44 heavy (non-hydrogen) atoms. The number of pyridine rings is 3. The lowest BCUT2D eigenvalue weighted by Crippen LogP contribution is -2.03. The second-order valence-corrected chi connectivity index (χ2v) is 11.3. The molecular weight excluding hydrogens is 538 g/mol. The summed E-state index contributed by atoms with van der Waals surface area (Å²) in [5.41, 5.74) is 9.12. The number of fused-ring (bicyclic) bond motifs is 13. The van der Waals surface area contributed by atoms with E-state index in [9.17, 15) is 0 Å². The Morgan fingerprint density at radius 2 is 1.20 bits per heavy atom. The molecule has 0 aliphatic carbocycles. The van der Waals surface area contributed by atoms with Crippen LogP contribution in [0.2, 0.25) is 0 Å². The van der Waals surface area contributed by atoms with Crippen LogP contribution < -0.4 is 0 Å². The van der Waals surface area contributed by atoms with E-state index in [2.05, 4.69) is 136 Å². The van der Waals surface area contributed by atoms with E-state index < -0.39 is 0 Å². The Balaban J connectivity index is 1.45.